The zero-order chi connectivity index (χ0) is 89.2. The van der Waals surface area contributed by atoms with E-state index in [9.17, 15) is 0 Å². The van der Waals surface area contributed by atoms with Crippen LogP contribution in [0.4, 0.5) is 0 Å². The fourth-order valence-corrected chi connectivity index (χ4v) is 19.2. The first-order chi connectivity index (χ1) is 63.2. The summed E-state index contributed by atoms with van der Waals surface area (Å²) < 4.78 is 42.8. The van der Waals surface area contributed by atoms with Crippen LogP contribution < -0.4 is 22.8 Å². The SMILES string of the molecule is Cc1cc(-c2c(C)c(C)cc3c2oc2c4ccccc4ccc32)[n+](C)cn1.Cc1cc(-c2c(C)ccc3c2oc2c4ccccc4ccc32)[n+](C)cn1.Cc1cc(-c2c(C)ccc3c2oc2c4ccccc4ccc32)[n+](C)cn1.Cc1cc2c(oc3c4ccccc4ccc23)c(-c2ccnc[n+]2C)c1C.Cc1ccc2c(oc3c4ccccc4ccc23)c1-c1ccnc[n+]1C. The summed E-state index contributed by atoms with van der Waals surface area (Å²) in [5.41, 5.74) is 32.3. The third kappa shape index (κ3) is 13.8. The molecule has 0 N–H and O–H groups in total. The molecule has 0 saturated carbocycles. The van der Waals surface area contributed by atoms with Crippen LogP contribution in [-0.4, -0.2) is 24.9 Å². The van der Waals surface area contributed by atoms with Gasteiger partial charge in [-0.15, -0.1) is 0 Å². The van der Waals surface area contributed by atoms with Gasteiger partial charge in [0, 0.05) is 132 Å². The molecule has 15 aromatic carbocycles. The highest BCUT2D eigenvalue weighted by Crippen LogP contribution is 2.47. The van der Waals surface area contributed by atoms with E-state index in [0.29, 0.717) is 0 Å². The number of aryl methyl sites for hydroxylation is 13. The number of nitrogens with zero attached hydrogens (tertiary/aromatic N) is 10. The molecule has 0 spiro atoms. The Labute approximate surface area is 750 Å². The van der Waals surface area contributed by atoms with E-state index < -0.39 is 0 Å². The van der Waals surface area contributed by atoms with Crippen molar-refractivity contribution in [2.24, 2.45) is 35.2 Å². The van der Waals surface area contributed by atoms with E-state index in [1.807, 2.05) is 121 Å². The van der Waals surface area contributed by atoms with Gasteiger partial charge in [0.15, 0.2) is 17.1 Å². The van der Waals surface area contributed by atoms with Gasteiger partial charge in [-0.3, -0.25) is 0 Å². The van der Waals surface area contributed by atoms with Crippen LogP contribution in [0.3, 0.4) is 0 Å². The molecule has 0 bridgehead atoms. The molecule has 130 heavy (non-hydrogen) atoms. The quantitative estimate of drug-likeness (QED) is 0.152. The smallest absolute Gasteiger partial charge is 0.286 e. The monoisotopic (exact) mass is 1700 g/mol. The van der Waals surface area contributed by atoms with Crippen LogP contribution in [0, 0.1) is 69.2 Å². The number of fused-ring (bicyclic) bond motifs is 25. The van der Waals surface area contributed by atoms with Crippen molar-refractivity contribution in [2.45, 2.75) is 69.2 Å². The Morgan fingerprint density at radius 1 is 0.192 bits per heavy atom. The molecule has 0 atom stereocenters. The van der Waals surface area contributed by atoms with Crippen molar-refractivity contribution in [3.63, 3.8) is 0 Å². The summed E-state index contributed by atoms with van der Waals surface area (Å²) in [4.78, 5) is 21.6. The average Bonchev–Trinajstić information content (AvgIpc) is 1.61. The Bertz CT molecular complexity index is 8770. The predicted octanol–water partition coefficient (Wildman–Crippen LogP) is 26.2. The first-order valence-electron chi connectivity index (χ1n) is 44.0. The number of aromatic nitrogens is 10. The van der Waals surface area contributed by atoms with Gasteiger partial charge in [-0.05, 0) is 157 Å². The lowest BCUT2D eigenvalue weighted by Gasteiger charge is -2.10. The molecule has 0 aliphatic heterocycles. The van der Waals surface area contributed by atoms with Gasteiger partial charge >= 0.3 is 0 Å². The van der Waals surface area contributed by atoms with Gasteiger partial charge in [0.2, 0.25) is 0 Å². The molecular weight excluding hydrogens is 1600 g/mol. The van der Waals surface area contributed by atoms with Crippen molar-refractivity contribution in [1.82, 2.24) is 24.9 Å². The molecule has 15 heteroatoms. The van der Waals surface area contributed by atoms with Crippen molar-refractivity contribution >= 4 is 164 Å². The maximum atomic E-state index is 6.55. The molecule has 0 aliphatic carbocycles. The minimum atomic E-state index is 0.938. The Morgan fingerprint density at radius 2 is 0.423 bits per heavy atom. The van der Waals surface area contributed by atoms with Crippen molar-refractivity contribution in [2.75, 3.05) is 0 Å². The van der Waals surface area contributed by atoms with E-state index >= 15 is 0 Å². The molecule has 10 aromatic heterocycles. The summed E-state index contributed by atoms with van der Waals surface area (Å²) in [5, 5.41) is 23.4. The Kier molecular flexibility index (Phi) is 20.2. The van der Waals surface area contributed by atoms with E-state index in [0.717, 1.165) is 188 Å². The van der Waals surface area contributed by atoms with Crippen LogP contribution in [0.1, 0.15) is 56.0 Å². The Balaban J connectivity index is 0.0000000984. The molecule has 630 valence electrons. The van der Waals surface area contributed by atoms with Crippen molar-refractivity contribution in [1.29, 1.82) is 0 Å². The predicted molar refractivity (Wildman–Crippen MR) is 526 cm³/mol. The van der Waals surface area contributed by atoms with E-state index in [1.165, 1.54) is 87.4 Å². The number of rotatable bonds is 5. The number of benzene rings is 15. The van der Waals surface area contributed by atoms with E-state index in [-0.39, 0.29) is 0 Å². The third-order valence-electron chi connectivity index (χ3n) is 26.2. The second kappa shape index (κ2) is 32.5. The fourth-order valence-electron chi connectivity index (χ4n) is 19.2. The highest BCUT2D eigenvalue weighted by molar-refractivity contribution is 6.22. The Morgan fingerprint density at radius 3 is 0.723 bits per heavy atom. The molecule has 0 aliphatic rings. The van der Waals surface area contributed by atoms with Gasteiger partial charge in [0.05, 0.1) is 63.1 Å². The van der Waals surface area contributed by atoms with Crippen LogP contribution in [0.2, 0.25) is 0 Å². The molecule has 0 radical (unpaired) electrons. The topological polar surface area (TPSA) is 150 Å². The minimum Gasteiger partial charge on any atom is -0.455 e. The lowest BCUT2D eigenvalue weighted by molar-refractivity contribution is -0.663. The fraction of sp³-hybridized carbons (Fsp3) is 0.130. The van der Waals surface area contributed by atoms with Gasteiger partial charge in [-0.2, -0.15) is 0 Å². The maximum Gasteiger partial charge on any atom is 0.286 e. The van der Waals surface area contributed by atoms with Crippen molar-refractivity contribution < 1.29 is 44.9 Å². The van der Waals surface area contributed by atoms with E-state index in [1.54, 1.807) is 0 Å². The van der Waals surface area contributed by atoms with Gasteiger partial charge < -0.3 is 22.1 Å². The number of hydrogen-bond donors (Lipinski definition) is 0. The summed E-state index contributed by atoms with van der Waals surface area (Å²) in [6.07, 6.45) is 12.9. The molecule has 25 rings (SSSR count). The van der Waals surface area contributed by atoms with Gasteiger partial charge in [0.25, 0.3) is 31.6 Å². The molecule has 10 heterocycles. The first-order valence-corrected chi connectivity index (χ1v) is 44.0. The summed E-state index contributed by atoms with van der Waals surface area (Å²) in [5.74, 6) is 0. The largest absolute Gasteiger partial charge is 0.455 e. The molecule has 0 amide bonds. The van der Waals surface area contributed by atoms with Crippen molar-refractivity contribution in [3.8, 4) is 56.3 Å². The maximum absolute atomic E-state index is 6.55. The summed E-state index contributed by atoms with van der Waals surface area (Å²) in [7, 11) is 10.1. The molecular formula is C115H95N10O5+5. The third-order valence-corrected chi connectivity index (χ3v) is 26.2. The molecule has 0 unspecified atom stereocenters. The standard InChI is InChI=1S/C24H21N2O.3C23H19N2O.C22H17N2O/c1-14-11-20-19-10-9-17-7-5-6-8-18(17)23(19)27-24(20)22(16(14)3)21-12-15(2)25-13-26(21)4;2*1-14-8-10-19-18-11-9-16-6-4-5-7-17(16)22(18)26-23(19)21(14)20-12-15(2)24-13-25(20)3;1-14-12-19-18-9-8-16-6-4-5-7-17(16)22(18)26-23(19)21(15(14)2)20-10-11-24-13-25(20)3;1-14-7-9-18-17-10-8-15-5-3-4-6-16(15)21(17)25-22(18)20(14)19-11-12-23-13-24(19)2/h5-13H,1-4H3;3*4-13H,1-3H3;3-13H,1-2H3/q5*+1. The summed E-state index contributed by atoms with van der Waals surface area (Å²) >= 11 is 0. The first kappa shape index (κ1) is 81.1. The Hall–Kier alpha value is -16.0. The highest BCUT2D eigenvalue weighted by Gasteiger charge is 2.28. The van der Waals surface area contributed by atoms with E-state index in [2.05, 4.69) is 336 Å². The lowest BCUT2D eigenvalue weighted by Crippen LogP contribution is -2.31. The summed E-state index contributed by atoms with van der Waals surface area (Å²) in [6, 6.07) is 91.6. The van der Waals surface area contributed by atoms with Crippen LogP contribution in [0.15, 0.2) is 327 Å². The normalized spacial score (nSPS) is 11.7. The number of furan rings is 5. The van der Waals surface area contributed by atoms with Gasteiger partial charge in [-0.1, -0.05) is 213 Å². The summed E-state index contributed by atoms with van der Waals surface area (Å²) in [6.45, 7) is 21.1. The zero-order valence-electron chi connectivity index (χ0n) is 75.4. The molecule has 0 fully saturated rings. The average molecular weight is 1700 g/mol. The lowest BCUT2D eigenvalue weighted by atomic mass is 9.96. The second-order valence-corrected chi connectivity index (χ2v) is 34.6. The van der Waals surface area contributed by atoms with Crippen LogP contribution in [-0.2, 0) is 35.2 Å². The van der Waals surface area contributed by atoms with Gasteiger partial charge in [-0.25, -0.2) is 22.8 Å². The van der Waals surface area contributed by atoms with Crippen LogP contribution >= 0.6 is 0 Å². The second-order valence-electron chi connectivity index (χ2n) is 34.6. The van der Waals surface area contributed by atoms with Crippen LogP contribution in [0.25, 0.3) is 220 Å². The highest BCUT2D eigenvalue weighted by atomic mass is 16.3. The van der Waals surface area contributed by atoms with Gasteiger partial charge in [0.1, 0.15) is 96.7 Å². The molecule has 25 aromatic rings. The molecule has 15 nitrogen and oxygen atoms in total. The molecule has 0 saturated heterocycles. The number of hydrogen-bond acceptors (Lipinski definition) is 10. The van der Waals surface area contributed by atoms with E-state index in [4.69, 9.17) is 22.1 Å². The van der Waals surface area contributed by atoms with Crippen molar-refractivity contribution in [3.05, 3.63) is 361 Å². The minimum absolute atomic E-state index is 0.938. The van der Waals surface area contributed by atoms with Crippen LogP contribution in [0.5, 0.6) is 0 Å². The zero-order valence-corrected chi connectivity index (χ0v) is 75.4.